The summed E-state index contributed by atoms with van der Waals surface area (Å²) < 4.78 is 5.41. The first-order valence-corrected chi connectivity index (χ1v) is 4.71. The molecule has 0 bridgehead atoms. The summed E-state index contributed by atoms with van der Waals surface area (Å²) in [7, 11) is 0. The summed E-state index contributed by atoms with van der Waals surface area (Å²) >= 11 is 4.81. The number of nitrogens with two attached hydrogens (primary N) is 1. The van der Waals surface area contributed by atoms with Gasteiger partial charge < -0.3 is 10.5 Å². The van der Waals surface area contributed by atoms with Crippen LogP contribution in [0.5, 0.6) is 0 Å². The maximum absolute atomic E-state index is 5.42. The number of morpholine rings is 1. The van der Waals surface area contributed by atoms with E-state index in [9.17, 15) is 0 Å². The Morgan fingerprint density at radius 3 is 3.08 bits per heavy atom. The van der Waals surface area contributed by atoms with E-state index in [1.54, 1.807) is 0 Å². The van der Waals surface area contributed by atoms with E-state index >= 15 is 0 Å². The van der Waals surface area contributed by atoms with Gasteiger partial charge >= 0.3 is 0 Å². The SMILES string of the molecule is CC1CN(CCC(N)=S)CCO1. The zero-order valence-electron chi connectivity index (χ0n) is 7.45. The van der Waals surface area contributed by atoms with Gasteiger partial charge in [0.1, 0.15) is 0 Å². The van der Waals surface area contributed by atoms with Crippen LogP contribution in [0.2, 0.25) is 0 Å². The van der Waals surface area contributed by atoms with Crippen LogP contribution in [-0.4, -0.2) is 42.2 Å². The second-order valence-electron chi connectivity index (χ2n) is 3.20. The van der Waals surface area contributed by atoms with Crippen LogP contribution < -0.4 is 5.73 Å². The van der Waals surface area contributed by atoms with Crippen LogP contribution in [0, 0.1) is 0 Å². The molecule has 0 saturated carbocycles. The number of hydrogen-bond donors (Lipinski definition) is 1. The minimum atomic E-state index is 0.352. The largest absolute Gasteiger partial charge is 0.393 e. The summed E-state index contributed by atoms with van der Waals surface area (Å²) in [6.45, 7) is 5.91. The molecule has 1 aliphatic rings. The molecule has 0 spiro atoms. The van der Waals surface area contributed by atoms with E-state index in [1.165, 1.54) is 0 Å². The number of rotatable bonds is 3. The molecule has 0 aliphatic carbocycles. The van der Waals surface area contributed by atoms with E-state index < -0.39 is 0 Å². The minimum Gasteiger partial charge on any atom is -0.393 e. The van der Waals surface area contributed by atoms with E-state index in [0.29, 0.717) is 11.1 Å². The molecule has 0 radical (unpaired) electrons. The Hall–Kier alpha value is -0.190. The highest BCUT2D eigenvalue weighted by Gasteiger charge is 2.15. The van der Waals surface area contributed by atoms with Crippen molar-refractivity contribution >= 4 is 17.2 Å². The van der Waals surface area contributed by atoms with Crippen molar-refractivity contribution in [2.45, 2.75) is 19.4 Å². The van der Waals surface area contributed by atoms with Gasteiger partial charge in [-0.15, -0.1) is 0 Å². The molecule has 1 fully saturated rings. The van der Waals surface area contributed by atoms with E-state index in [0.717, 1.165) is 32.7 Å². The van der Waals surface area contributed by atoms with Crippen molar-refractivity contribution in [3.63, 3.8) is 0 Å². The Labute approximate surface area is 78.9 Å². The first-order valence-electron chi connectivity index (χ1n) is 4.31. The molecule has 1 aliphatic heterocycles. The van der Waals surface area contributed by atoms with Crippen LogP contribution in [0.25, 0.3) is 0 Å². The van der Waals surface area contributed by atoms with E-state index in [1.807, 2.05) is 0 Å². The van der Waals surface area contributed by atoms with Crippen LogP contribution in [-0.2, 0) is 4.74 Å². The number of thiocarbonyl (C=S) groups is 1. The van der Waals surface area contributed by atoms with Crippen molar-refractivity contribution in [2.75, 3.05) is 26.2 Å². The molecule has 0 aromatic rings. The maximum atomic E-state index is 5.42. The minimum absolute atomic E-state index is 0.352. The topological polar surface area (TPSA) is 38.5 Å². The summed E-state index contributed by atoms with van der Waals surface area (Å²) in [5, 5.41) is 0. The monoisotopic (exact) mass is 188 g/mol. The van der Waals surface area contributed by atoms with Crippen molar-refractivity contribution in [3.8, 4) is 0 Å². The Morgan fingerprint density at radius 1 is 1.75 bits per heavy atom. The molecule has 1 heterocycles. The van der Waals surface area contributed by atoms with Gasteiger partial charge in [0.25, 0.3) is 0 Å². The summed E-state index contributed by atoms with van der Waals surface area (Å²) in [5.41, 5.74) is 5.42. The van der Waals surface area contributed by atoms with Crippen molar-refractivity contribution in [3.05, 3.63) is 0 Å². The number of hydrogen-bond acceptors (Lipinski definition) is 3. The van der Waals surface area contributed by atoms with Crippen LogP contribution in [0.4, 0.5) is 0 Å². The first-order chi connectivity index (χ1) is 5.68. The third kappa shape index (κ3) is 3.47. The van der Waals surface area contributed by atoms with Gasteiger partial charge in [-0.2, -0.15) is 0 Å². The van der Waals surface area contributed by atoms with Gasteiger partial charge in [-0.3, -0.25) is 4.90 Å². The second kappa shape index (κ2) is 4.74. The molecule has 4 heteroatoms. The summed E-state index contributed by atoms with van der Waals surface area (Å²) in [5.74, 6) is 0. The highest BCUT2D eigenvalue weighted by atomic mass is 32.1. The Morgan fingerprint density at radius 2 is 2.50 bits per heavy atom. The molecule has 0 amide bonds. The van der Waals surface area contributed by atoms with Crippen molar-refractivity contribution in [1.82, 2.24) is 4.90 Å². The fourth-order valence-electron chi connectivity index (χ4n) is 1.36. The van der Waals surface area contributed by atoms with Gasteiger partial charge in [-0.25, -0.2) is 0 Å². The van der Waals surface area contributed by atoms with Gasteiger partial charge in [0.05, 0.1) is 17.7 Å². The Bertz CT molecular complexity index is 163. The first kappa shape index (κ1) is 9.89. The van der Waals surface area contributed by atoms with E-state index in [-0.39, 0.29) is 0 Å². The lowest BCUT2D eigenvalue weighted by Crippen LogP contribution is -2.42. The van der Waals surface area contributed by atoms with Crippen molar-refractivity contribution in [1.29, 1.82) is 0 Å². The van der Waals surface area contributed by atoms with Crippen molar-refractivity contribution in [2.24, 2.45) is 5.73 Å². The normalized spacial score (nSPS) is 25.6. The van der Waals surface area contributed by atoms with Crippen molar-refractivity contribution < 1.29 is 4.74 Å². The molecule has 0 aromatic heterocycles. The molecule has 12 heavy (non-hydrogen) atoms. The Balaban J connectivity index is 2.18. The zero-order valence-corrected chi connectivity index (χ0v) is 8.27. The second-order valence-corrected chi connectivity index (χ2v) is 3.72. The van der Waals surface area contributed by atoms with Crippen LogP contribution in [0.15, 0.2) is 0 Å². The third-order valence-electron chi connectivity index (χ3n) is 2.00. The fraction of sp³-hybridized carbons (Fsp3) is 0.875. The molecule has 1 rings (SSSR count). The van der Waals surface area contributed by atoms with Gasteiger partial charge in [-0.05, 0) is 6.92 Å². The molecule has 1 unspecified atom stereocenters. The lowest BCUT2D eigenvalue weighted by Gasteiger charge is -2.30. The van der Waals surface area contributed by atoms with E-state index in [4.69, 9.17) is 22.7 Å². The number of ether oxygens (including phenoxy) is 1. The van der Waals surface area contributed by atoms with Crippen LogP contribution >= 0.6 is 12.2 Å². The number of nitrogens with zero attached hydrogens (tertiary/aromatic N) is 1. The molecule has 1 atom stereocenters. The average Bonchev–Trinajstić information content (AvgIpc) is 2.01. The molecule has 3 nitrogen and oxygen atoms in total. The van der Waals surface area contributed by atoms with Crippen LogP contribution in [0.3, 0.4) is 0 Å². The van der Waals surface area contributed by atoms with Crippen LogP contribution in [0.1, 0.15) is 13.3 Å². The van der Waals surface area contributed by atoms with E-state index in [2.05, 4.69) is 11.8 Å². The summed E-state index contributed by atoms with van der Waals surface area (Å²) in [6, 6.07) is 0. The standard InChI is InChI=1S/C8H16N2OS/c1-7-6-10(4-5-11-7)3-2-8(9)12/h7H,2-6H2,1H3,(H2,9,12). The molecular weight excluding hydrogens is 172 g/mol. The Kier molecular flexibility index (Phi) is 3.91. The van der Waals surface area contributed by atoms with Gasteiger partial charge in [-0.1, -0.05) is 12.2 Å². The molecule has 1 saturated heterocycles. The maximum Gasteiger partial charge on any atom is 0.0740 e. The lowest BCUT2D eigenvalue weighted by molar-refractivity contribution is -0.0171. The smallest absolute Gasteiger partial charge is 0.0740 e. The summed E-state index contributed by atoms with van der Waals surface area (Å²) in [6.07, 6.45) is 1.17. The van der Waals surface area contributed by atoms with Gasteiger partial charge in [0.2, 0.25) is 0 Å². The fourth-order valence-corrected chi connectivity index (χ4v) is 1.45. The summed E-state index contributed by atoms with van der Waals surface area (Å²) in [4.78, 5) is 2.95. The highest BCUT2D eigenvalue weighted by Crippen LogP contribution is 2.04. The van der Waals surface area contributed by atoms with Gasteiger partial charge in [0.15, 0.2) is 0 Å². The molecule has 0 aromatic carbocycles. The quantitative estimate of drug-likeness (QED) is 0.650. The third-order valence-corrected chi connectivity index (χ3v) is 2.20. The van der Waals surface area contributed by atoms with Gasteiger partial charge in [0, 0.05) is 26.1 Å². The highest BCUT2D eigenvalue weighted by molar-refractivity contribution is 7.80. The molecule has 70 valence electrons. The zero-order chi connectivity index (χ0) is 8.97. The molecule has 2 N–H and O–H groups in total. The molecular formula is C8H16N2OS. The average molecular weight is 188 g/mol. The lowest BCUT2D eigenvalue weighted by atomic mass is 10.3. The predicted octanol–water partition coefficient (Wildman–Crippen LogP) is 0.383. The predicted molar refractivity (Wildman–Crippen MR) is 53.3 cm³/mol.